The van der Waals surface area contributed by atoms with E-state index in [-0.39, 0.29) is 0 Å². The summed E-state index contributed by atoms with van der Waals surface area (Å²) in [6.07, 6.45) is 7.23. The Balaban J connectivity index is 1.78. The van der Waals surface area contributed by atoms with E-state index in [0.717, 1.165) is 30.0 Å². The third-order valence-corrected chi connectivity index (χ3v) is 4.18. The average molecular weight is 265 g/mol. The molecule has 2 unspecified atom stereocenters. The van der Waals surface area contributed by atoms with E-state index < -0.39 is 0 Å². The van der Waals surface area contributed by atoms with Gasteiger partial charge in [-0.1, -0.05) is 6.42 Å². The second-order valence-corrected chi connectivity index (χ2v) is 5.54. The molecule has 2 aromatic rings. The lowest BCUT2D eigenvalue weighted by Gasteiger charge is -2.15. The first-order valence-corrected chi connectivity index (χ1v) is 6.86. The number of aryl methyl sites for hydroxylation is 1. The predicted octanol–water partition coefficient (Wildman–Crippen LogP) is 2.86. The highest BCUT2D eigenvalue weighted by Gasteiger charge is 2.25. The van der Waals surface area contributed by atoms with Crippen molar-refractivity contribution in [3.8, 4) is 0 Å². The Labute approximate surface area is 111 Å². The molecule has 2 aromatic heterocycles. The van der Waals surface area contributed by atoms with Gasteiger partial charge in [0.05, 0.1) is 5.69 Å². The van der Waals surface area contributed by atoms with Crippen LogP contribution in [0.3, 0.4) is 0 Å². The lowest BCUT2D eigenvalue weighted by atomic mass is 10.1. The molecule has 1 aliphatic rings. The standard InChI is InChI=1S/C13H17ClN4/c1-9-7-12-13(15-5-6-18(12)17-9)16-8-10-3-2-4-11(10)14/h5-7,10-11H,2-4,8H2,1H3,(H,15,16). The van der Waals surface area contributed by atoms with Crippen molar-refractivity contribution in [1.82, 2.24) is 14.6 Å². The third-order valence-electron chi connectivity index (χ3n) is 3.61. The van der Waals surface area contributed by atoms with Crippen LogP contribution in [-0.2, 0) is 0 Å². The highest BCUT2D eigenvalue weighted by Crippen LogP contribution is 2.30. The van der Waals surface area contributed by atoms with Crippen molar-refractivity contribution in [3.05, 3.63) is 24.2 Å². The summed E-state index contributed by atoms with van der Waals surface area (Å²) in [6.45, 7) is 2.88. The number of alkyl halides is 1. The van der Waals surface area contributed by atoms with Crippen molar-refractivity contribution < 1.29 is 0 Å². The molecule has 1 fully saturated rings. The monoisotopic (exact) mass is 264 g/mol. The second kappa shape index (κ2) is 4.76. The fourth-order valence-corrected chi connectivity index (χ4v) is 3.00. The van der Waals surface area contributed by atoms with E-state index in [4.69, 9.17) is 11.6 Å². The summed E-state index contributed by atoms with van der Waals surface area (Å²) in [6, 6.07) is 2.04. The number of fused-ring (bicyclic) bond motifs is 1. The van der Waals surface area contributed by atoms with E-state index in [9.17, 15) is 0 Å². The van der Waals surface area contributed by atoms with Gasteiger partial charge in [-0.3, -0.25) is 0 Å². The van der Waals surface area contributed by atoms with E-state index >= 15 is 0 Å². The van der Waals surface area contributed by atoms with Gasteiger partial charge in [-0.05, 0) is 31.7 Å². The number of rotatable bonds is 3. The zero-order chi connectivity index (χ0) is 12.5. The minimum atomic E-state index is 0.309. The molecule has 1 aliphatic carbocycles. The molecule has 0 aliphatic heterocycles. The normalized spacial score (nSPS) is 23.7. The largest absolute Gasteiger partial charge is 0.368 e. The number of nitrogens with zero attached hydrogens (tertiary/aromatic N) is 3. The molecular weight excluding hydrogens is 248 g/mol. The van der Waals surface area contributed by atoms with Crippen LogP contribution in [0.25, 0.3) is 5.52 Å². The van der Waals surface area contributed by atoms with Gasteiger partial charge in [0, 0.05) is 24.3 Å². The van der Waals surface area contributed by atoms with Crippen LogP contribution in [0.1, 0.15) is 25.0 Å². The Bertz CT molecular complexity index is 551. The summed E-state index contributed by atoms with van der Waals surface area (Å²) < 4.78 is 1.86. The lowest BCUT2D eigenvalue weighted by Crippen LogP contribution is -2.19. The number of aromatic nitrogens is 3. The molecule has 5 heteroatoms. The van der Waals surface area contributed by atoms with Crippen LogP contribution in [-0.4, -0.2) is 26.5 Å². The molecule has 0 spiro atoms. The molecule has 1 saturated carbocycles. The van der Waals surface area contributed by atoms with Crippen LogP contribution < -0.4 is 5.32 Å². The number of hydrogen-bond donors (Lipinski definition) is 1. The lowest BCUT2D eigenvalue weighted by molar-refractivity contribution is 0.585. The van der Waals surface area contributed by atoms with Gasteiger partial charge in [0.2, 0.25) is 0 Å². The second-order valence-electron chi connectivity index (χ2n) is 4.98. The van der Waals surface area contributed by atoms with Crippen molar-refractivity contribution >= 4 is 22.9 Å². The van der Waals surface area contributed by atoms with Crippen LogP contribution in [0.4, 0.5) is 5.82 Å². The molecule has 0 radical (unpaired) electrons. The van der Waals surface area contributed by atoms with Crippen LogP contribution in [0.15, 0.2) is 18.5 Å². The van der Waals surface area contributed by atoms with Crippen molar-refractivity contribution in [1.29, 1.82) is 0 Å². The molecule has 0 saturated heterocycles. The first-order chi connectivity index (χ1) is 8.74. The minimum absolute atomic E-state index is 0.309. The number of hydrogen-bond acceptors (Lipinski definition) is 3. The van der Waals surface area contributed by atoms with Gasteiger partial charge in [-0.15, -0.1) is 11.6 Å². The summed E-state index contributed by atoms with van der Waals surface area (Å²) in [4.78, 5) is 4.39. The minimum Gasteiger partial charge on any atom is -0.368 e. The Hall–Kier alpha value is -1.29. The Morgan fingerprint density at radius 3 is 3.17 bits per heavy atom. The molecule has 2 heterocycles. The van der Waals surface area contributed by atoms with Gasteiger partial charge in [0.15, 0.2) is 5.82 Å². The zero-order valence-corrected chi connectivity index (χ0v) is 11.2. The van der Waals surface area contributed by atoms with Gasteiger partial charge >= 0.3 is 0 Å². The molecule has 18 heavy (non-hydrogen) atoms. The van der Waals surface area contributed by atoms with E-state index in [1.54, 1.807) is 6.20 Å². The van der Waals surface area contributed by atoms with Crippen molar-refractivity contribution in [3.63, 3.8) is 0 Å². The first kappa shape index (κ1) is 11.8. The first-order valence-electron chi connectivity index (χ1n) is 6.43. The molecule has 2 atom stereocenters. The Kier molecular flexibility index (Phi) is 3.12. The number of anilines is 1. The number of halogens is 1. The molecule has 0 aromatic carbocycles. The molecule has 4 nitrogen and oxygen atoms in total. The summed E-state index contributed by atoms with van der Waals surface area (Å²) >= 11 is 6.29. The van der Waals surface area contributed by atoms with Crippen LogP contribution in [0.2, 0.25) is 0 Å². The van der Waals surface area contributed by atoms with E-state index in [2.05, 4.69) is 15.4 Å². The molecule has 96 valence electrons. The van der Waals surface area contributed by atoms with Gasteiger partial charge in [-0.25, -0.2) is 9.50 Å². The van der Waals surface area contributed by atoms with Gasteiger partial charge in [-0.2, -0.15) is 5.10 Å². The SMILES string of the molecule is Cc1cc2c(NCC3CCCC3Cl)nccn2n1. The molecular formula is C13H17ClN4. The maximum atomic E-state index is 6.29. The van der Waals surface area contributed by atoms with Crippen LogP contribution in [0.5, 0.6) is 0 Å². The topological polar surface area (TPSA) is 42.2 Å². The Morgan fingerprint density at radius 2 is 2.39 bits per heavy atom. The maximum Gasteiger partial charge on any atom is 0.152 e. The number of nitrogens with one attached hydrogen (secondary N) is 1. The van der Waals surface area contributed by atoms with Crippen molar-refractivity contribution in [2.75, 3.05) is 11.9 Å². The summed E-state index contributed by atoms with van der Waals surface area (Å²) in [5, 5.41) is 8.11. The molecule has 1 N–H and O–H groups in total. The molecule has 0 amide bonds. The predicted molar refractivity (Wildman–Crippen MR) is 73.2 cm³/mol. The summed E-state index contributed by atoms with van der Waals surface area (Å²) in [5.41, 5.74) is 2.03. The smallest absolute Gasteiger partial charge is 0.152 e. The fraction of sp³-hybridized carbons (Fsp3) is 0.538. The van der Waals surface area contributed by atoms with E-state index in [1.807, 2.05) is 23.7 Å². The maximum absolute atomic E-state index is 6.29. The van der Waals surface area contributed by atoms with Gasteiger partial charge in [0.25, 0.3) is 0 Å². The van der Waals surface area contributed by atoms with E-state index in [1.165, 1.54) is 12.8 Å². The van der Waals surface area contributed by atoms with Crippen molar-refractivity contribution in [2.45, 2.75) is 31.6 Å². The van der Waals surface area contributed by atoms with Crippen LogP contribution >= 0.6 is 11.6 Å². The quantitative estimate of drug-likeness (QED) is 0.867. The van der Waals surface area contributed by atoms with Gasteiger partial charge in [0.1, 0.15) is 5.52 Å². The summed E-state index contributed by atoms with van der Waals surface area (Å²) in [7, 11) is 0. The third kappa shape index (κ3) is 2.17. The summed E-state index contributed by atoms with van der Waals surface area (Å²) in [5.74, 6) is 1.45. The molecule has 3 rings (SSSR count). The average Bonchev–Trinajstić information content (AvgIpc) is 2.91. The fourth-order valence-electron chi connectivity index (χ4n) is 2.63. The van der Waals surface area contributed by atoms with Crippen molar-refractivity contribution in [2.24, 2.45) is 5.92 Å². The van der Waals surface area contributed by atoms with E-state index in [0.29, 0.717) is 11.3 Å². The molecule has 0 bridgehead atoms. The zero-order valence-electron chi connectivity index (χ0n) is 10.4. The van der Waals surface area contributed by atoms with Gasteiger partial charge < -0.3 is 5.32 Å². The highest BCUT2D eigenvalue weighted by molar-refractivity contribution is 6.21. The highest BCUT2D eigenvalue weighted by atomic mass is 35.5. The Morgan fingerprint density at radius 1 is 1.50 bits per heavy atom. The van der Waals surface area contributed by atoms with Crippen LogP contribution in [0, 0.1) is 12.8 Å².